The molecule has 20 heavy (non-hydrogen) atoms. The molecule has 102 valence electrons. The summed E-state index contributed by atoms with van der Waals surface area (Å²) in [5, 5.41) is 8.57. The van der Waals surface area contributed by atoms with Crippen molar-refractivity contribution < 1.29 is 19.0 Å². The second-order valence-electron chi connectivity index (χ2n) is 3.92. The highest BCUT2D eigenvalue weighted by atomic mass is 79.9. The van der Waals surface area contributed by atoms with Gasteiger partial charge in [0.15, 0.2) is 0 Å². The lowest BCUT2D eigenvalue weighted by atomic mass is 10.2. The first-order valence-electron chi connectivity index (χ1n) is 5.68. The molecule has 3 nitrogen and oxygen atoms in total. The van der Waals surface area contributed by atoms with Crippen molar-refractivity contribution in [2.24, 2.45) is 0 Å². The van der Waals surface area contributed by atoms with Crippen LogP contribution < -0.4 is 4.74 Å². The van der Waals surface area contributed by atoms with E-state index in [0.717, 1.165) is 6.08 Å². The maximum Gasteiger partial charge on any atom is 0.328 e. The van der Waals surface area contributed by atoms with E-state index < -0.39 is 11.8 Å². The predicted octanol–water partition coefficient (Wildman–Crippen LogP) is 4.48. The third-order valence-corrected chi connectivity index (χ3v) is 3.05. The van der Waals surface area contributed by atoms with Crippen LogP contribution in [0.2, 0.25) is 0 Å². The largest absolute Gasteiger partial charge is 0.478 e. The molecule has 0 unspecified atom stereocenters. The fourth-order valence-electron chi connectivity index (χ4n) is 1.53. The molecule has 0 aliphatic rings. The van der Waals surface area contributed by atoms with E-state index >= 15 is 0 Å². The molecule has 2 rings (SSSR count). The molecule has 5 heteroatoms. The highest BCUT2D eigenvalue weighted by molar-refractivity contribution is 9.10. The monoisotopic (exact) mass is 336 g/mol. The summed E-state index contributed by atoms with van der Waals surface area (Å²) in [6.45, 7) is 0. The Bertz CT molecular complexity index is 668. The van der Waals surface area contributed by atoms with Crippen molar-refractivity contribution >= 4 is 28.0 Å². The van der Waals surface area contributed by atoms with E-state index in [1.54, 1.807) is 36.4 Å². The second kappa shape index (κ2) is 6.34. The molecule has 0 saturated carbocycles. The standard InChI is InChI=1S/C15H10BrFO3/c16-13-6-5-12(9-14(13)17)20-11-3-1-2-10(8-11)4-7-15(18)19/h1-9H,(H,18,19). The number of benzene rings is 2. The van der Waals surface area contributed by atoms with Crippen molar-refractivity contribution in [2.75, 3.05) is 0 Å². The molecule has 0 bridgehead atoms. The van der Waals surface area contributed by atoms with Gasteiger partial charge in [0, 0.05) is 12.1 Å². The number of rotatable bonds is 4. The predicted molar refractivity (Wildman–Crippen MR) is 77.3 cm³/mol. The Hall–Kier alpha value is -2.14. The first-order valence-corrected chi connectivity index (χ1v) is 6.48. The van der Waals surface area contributed by atoms with E-state index in [9.17, 15) is 9.18 Å². The normalized spacial score (nSPS) is 10.7. The van der Waals surface area contributed by atoms with Crippen molar-refractivity contribution in [3.8, 4) is 11.5 Å². The van der Waals surface area contributed by atoms with Gasteiger partial charge in [-0.25, -0.2) is 9.18 Å². The van der Waals surface area contributed by atoms with Gasteiger partial charge in [-0.1, -0.05) is 12.1 Å². The molecule has 0 heterocycles. The van der Waals surface area contributed by atoms with Crippen LogP contribution in [0.1, 0.15) is 5.56 Å². The molecule has 2 aromatic carbocycles. The van der Waals surface area contributed by atoms with Crippen molar-refractivity contribution in [3.05, 3.63) is 64.4 Å². The molecule has 0 saturated heterocycles. The molecule has 0 spiro atoms. The van der Waals surface area contributed by atoms with Gasteiger partial charge in [-0.15, -0.1) is 0 Å². The maximum absolute atomic E-state index is 13.4. The summed E-state index contributed by atoms with van der Waals surface area (Å²) in [5.74, 6) is -0.569. The fourth-order valence-corrected chi connectivity index (χ4v) is 1.77. The Kier molecular flexibility index (Phi) is 4.53. The topological polar surface area (TPSA) is 46.5 Å². The zero-order valence-electron chi connectivity index (χ0n) is 10.2. The van der Waals surface area contributed by atoms with Gasteiger partial charge in [0.05, 0.1) is 4.47 Å². The van der Waals surface area contributed by atoms with Gasteiger partial charge in [-0.05, 0) is 51.8 Å². The van der Waals surface area contributed by atoms with Crippen molar-refractivity contribution in [1.29, 1.82) is 0 Å². The van der Waals surface area contributed by atoms with Gasteiger partial charge >= 0.3 is 5.97 Å². The van der Waals surface area contributed by atoms with Crippen LogP contribution in [-0.2, 0) is 4.79 Å². The average Bonchev–Trinajstić information content (AvgIpc) is 2.41. The molecule has 0 atom stereocenters. The van der Waals surface area contributed by atoms with Gasteiger partial charge in [0.25, 0.3) is 0 Å². The van der Waals surface area contributed by atoms with Crippen LogP contribution in [0.3, 0.4) is 0 Å². The van der Waals surface area contributed by atoms with Gasteiger partial charge in [0.2, 0.25) is 0 Å². The summed E-state index contributed by atoms with van der Waals surface area (Å²) in [4.78, 5) is 10.5. The minimum atomic E-state index is -1.02. The zero-order valence-corrected chi connectivity index (χ0v) is 11.8. The molecule has 0 amide bonds. The molecule has 0 aliphatic heterocycles. The molecule has 0 aromatic heterocycles. The Morgan fingerprint density at radius 2 is 1.95 bits per heavy atom. The van der Waals surface area contributed by atoms with E-state index in [1.165, 1.54) is 12.1 Å². The van der Waals surface area contributed by atoms with Crippen molar-refractivity contribution in [1.82, 2.24) is 0 Å². The number of aliphatic carboxylic acids is 1. The number of carboxylic acids is 1. The number of ether oxygens (including phenoxy) is 1. The van der Waals surface area contributed by atoms with Gasteiger partial charge in [-0.2, -0.15) is 0 Å². The minimum absolute atomic E-state index is 0.364. The van der Waals surface area contributed by atoms with E-state index in [1.807, 2.05) is 0 Å². The quantitative estimate of drug-likeness (QED) is 0.837. The van der Waals surface area contributed by atoms with Crippen LogP contribution in [0.15, 0.2) is 53.0 Å². The number of halogens is 2. The maximum atomic E-state index is 13.4. The van der Waals surface area contributed by atoms with E-state index in [2.05, 4.69) is 15.9 Å². The minimum Gasteiger partial charge on any atom is -0.478 e. The van der Waals surface area contributed by atoms with Crippen LogP contribution in [0.4, 0.5) is 4.39 Å². The molecule has 1 N–H and O–H groups in total. The molecule has 2 aromatic rings. The average molecular weight is 337 g/mol. The highest BCUT2D eigenvalue weighted by Crippen LogP contribution is 2.26. The van der Waals surface area contributed by atoms with Crippen molar-refractivity contribution in [3.63, 3.8) is 0 Å². The molecular weight excluding hydrogens is 327 g/mol. The van der Waals surface area contributed by atoms with Crippen LogP contribution in [0.5, 0.6) is 11.5 Å². The Balaban J connectivity index is 2.19. The highest BCUT2D eigenvalue weighted by Gasteiger charge is 2.03. The van der Waals surface area contributed by atoms with Gasteiger partial charge < -0.3 is 9.84 Å². The summed E-state index contributed by atoms with van der Waals surface area (Å²) < 4.78 is 19.3. The SMILES string of the molecule is O=C(O)C=Cc1cccc(Oc2ccc(Br)c(F)c2)c1. The summed E-state index contributed by atoms with van der Waals surface area (Å²) in [6.07, 6.45) is 2.50. The fraction of sp³-hybridized carbons (Fsp3) is 0. The third kappa shape index (κ3) is 3.93. The van der Waals surface area contributed by atoms with Crippen LogP contribution in [0.25, 0.3) is 6.08 Å². The summed E-state index contributed by atoms with van der Waals surface area (Å²) in [6, 6.07) is 11.3. The third-order valence-electron chi connectivity index (χ3n) is 2.40. The van der Waals surface area contributed by atoms with Crippen LogP contribution >= 0.6 is 15.9 Å². The molecule has 0 radical (unpaired) electrons. The van der Waals surface area contributed by atoms with Crippen LogP contribution in [0, 0.1) is 5.82 Å². The van der Waals surface area contributed by atoms with E-state index in [-0.39, 0.29) is 0 Å². The summed E-state index contributed by atoms with van der Waals surface area (Å²) >= 11 is 3.07. The number of carboxylic acid groups (broad SMARTS) is 1. The lowest BCUT2D eigenvalue weighted by Crippen LogP contribution is -1.88. The number of hydrogen-bond donors (Lipinski definition) is 1. The molecule has 0 aliphatic carbocycles. The van der Waals surface area contributed by atoms with Gasteiger partial charge in [-0.3, -0.25) is 0 Å². The van der Waals surface area contributed by atoms with Crippen molar-refractivity contribution in [2.45, 2.75) is 0 Å². The zero-order chi connectivity index (χ0) is 14.5. The molecule has 0 fully saturated rings. The number of carbonyl (C=O) groups is 1. The first kappa shape index (κ1) is 14.3. The van der Waals surface area contributed by atoms with E-state index in [4.69, 9.17) is 9.84 Å². The Labute approximate surface area is 123 Å². The van der Waals surface area contributed by atoms with Gasteiger partial charge in [0.1, 0.15) is 17.3 Å². The number of hydrogen-bond acceptors (Lipinski definition) is 2. The van der Waals surface area contributed by atoms with E-state index in [0.29, 0.717) is 21.5 Å². The summed E-state index contributed by atoms with van der Waals surface area (Å²) in [5.41, 5.74) is 0.683. The lowest BCUT2D eigenvalue weighted by molar-refractivity contribution is -0.131. The smallest absolute Gasteiger partial charge is 0.328 e. The Morgan fingerprint density at radius 3 is 2.65 bits per heavy atom. The van der Waals surface area contributed by atoms with Crippen LogP contribution in [-0.4, -0.2) is 11.1 Å². The summed E-state index contributed by atoms with van der Waals surface area (Å²) in [7, 11) is 0. The Morgan fingerprint density at radius 1 is 1.20 bits per heavy atom. The lowest BCUT2D eigenvalue weighted by Gasteiger charge is -2.07. The second-order valence-corrected chi connectivity index (χ2v) is 4.78. The molecular formula is C15H10BrFO3. The first-order chi connectivity index (χ1) is 9.54.